The smallest absolute Gasteiger partial charge is 0.418 e. The lowest BCUT2D eigenvalue weighted by atomic mass is 10.0. The van der Waals surface area contributed by atoms with Crippen LogP contribution in [-0.4, -0.2) is 44.6 Å². The van der Waals surface area contributed by atoms with Gasteiger partial charge in [0, 0.05) is 29.4 Å². The maximum absolute atomic E-state index is 13.8. The number of alkyl halides is 3. The summed E-state index contributed by atoms with van der Waals surface area (Å²) >= 11 is 6.04. The maximum Gasteiger partial charge on any atom is 0.418 e. The molecule has 36 heavy (non-hydrogen) atoms. The van der Waals surface area contributed by atoms with Crippen LogP contribution in [0.15, 0.2) is 66.7 Å². The summed E-state index contributed by atoms with van der Waals surface area (Å²) in [5, 5.41) is 2.56. The van der Waals surface area contributed by atoms with Gasteiger partial charge in [0.2, 0.25) is 0 Å². The van der Waals surface area contributed by atoms with E-state index >= 15 is 0 Å². The van der Waals surface area contributed by atoms with Gasteiger partial charge in [-0.05, 0) is 36.4 Å². The largest absolute Gasteiger partial charge is 0.483 e. The summed E-state index contributed by atoms with van der Waals surface area (Å²) in [5.74, 6) is -1.10. The van der Waals surface area contributed by atoms with E-state index in [4.69, 9.17) is 21.1 Å². The van der Waals surface area contributed by atoms with E-state index in [1.807, 2.05) is 0 Å². The molecule has 0 unspecified atom stereocenters. The fraction of sp³-hybridized carbons (Fsp3) is 0.231. The summed E-state index contributed by atoms with van der Waals surface area (Å²) < 4.78 is 52.1. The highest BCUT2D eigenvalue weighted by molar-refractivity contribution is 6.31. The topological polar surface area (TPSA) is 67.9 Å². The Kier molecular flexibility index (Phi) is 7.81. The van der Waals surface area contributed by atoms with Crippen molar-refractivity contribution in [3.8, 4) is 5.75 Å². The Morgan fingerprint density at radius 1 is 1.00 bits per heavy atom. The van der Waals surface area contributed by atoms with Crippen LogP contribution in [0.3, 0.4) is 0 Å². The van der Waals surface area contributed by atoms with Gasteiger partial charge in [-0.2, -0.15) is 13.2 Å². The number of anilines is 2. The number of ketones is 1. The third-order valence-electron chi connectivity index (χ3n) is 5.54. The number of nitrogens with one attached hydrogen (secondary N) is 1. The van der Waals surface area contributed by atoms with E-state index in [-0.39, 0.29) is 22.8 Å². The Morgan fingerprint density at radius 2 is 1.72 bits per heavy atom. The van der Waals surface area contributed by atoms with Gasteiger partial charge in [0.25, 0.3) is 5.91 Å². The van der Waals surface area contributed by atoms with Crippen LogP contribution in [-0.2, 0) is 15.7 Å². The number of nitrogens with zero attached hydrogens (tertiary/aromatic N) is 1. The van der Waals surface area contributed by atoms with Gasteiger partial charge in [-0.25, -0.2) is 0 Å². The number of halogens is 4. The van der Waals surface area contributed by atoms with Gasteiger partial charge in [-0.3, -0.25) is 9.59 Å². The average Bonchev–Trinajstić information content (AvgIpc) is 2.88. The van der Waals surface area contributed by atoms with Crippen LogP contribution in [0.2, 0.25) is 5.02 Å². The Bertz CT molecular complexity index is 1250. The van der Waals surface area contributed by atoms with Gasteiger partial charge in [0.1, 0.15) is 5.75 Å². The second kappa shape index (κ2) is 11.0. The average molecular weight is 519 g/mol. The summed E-state index contributed by atoms with van der Waals surface area (Å²) in [6, 6.07) is 16.5. The predicted molar refractivity (Wildman–Crippen MR) is 130 cm³/mol. The van der Waals surface area contributed by atoms with Crippen LogP contribution in [0.4, 0.5) is 24.5 Å². The molecular weight excluding hydrogens is 497 g/mol. The Balaban J connectivity index is 1.49. The van der Waals surface area contributed by atoms with Crippen LogP contribution < -0.4 is 15.0 Å². The van der Waals surface area contributed by atoms with E-state index < -0.39 is 24.3 Å². The molecule has 0 saturated carbocycles. The highest BCUT2D eigenvalue weighted by Crippen LogP contribution is 2.37. The second-order valence-electron chi connectivity index (χ2n) is 8.00. The number of amides is 1. The van der Waals surface area contributed by atoms with Gasteiger partial charge in [0.05, 0.1) is 30.0 Å². The monoisotopic (exact) mass is 518 g/mol. The molecule has 0 radical (unpaired) electrons. The minimum Gasteiger partial charge on any atom is -0.483 e. The SMILES string of the molecule is O=C(COc1ccc(Cl)cc1C(=O)c1ccccc1)Nc1ccc(N2CCOCC2)cc1C(F)(F)F. The minimum atomic E-state index is -4.68. The fourth-order valence-corrected chi connectivity index (χ4v) is 3.95. The predicted octanol–water partition coefficient (Wildman–Crippen LogP) is 5.44. The number of morpholine rings is 1. The first-order chi connectivity index (χ1) is 17.2. The van der Waals surface area contributed by atoms with Crippen molar-refractivity contribution < 1.29 is 32.2 Å². The Hall–Kier alpha value is -3.56. The standard InChI is InChI=1S/C26H22ClF3N2O4/c27-18-6-9-23(20(14-18)25(34)17-4-2-1-3-5-17)36-16-24(33)31-22-8-7-19(15-21(22)26(28,29)30)32-10-12-35-13-11-32/h1-9,14-15H,10-13,16H2,(H,31,33). The summed E-state index contributed by atoms with van der Waals surface area (Å²) in [7, 11) is 0. The zero-order chi connectivity index (χ0) is 25.7. The maximum atomic E-state index is 13.8. The molecule has 1 amide bonds. The number of benzene rings is 3. The first kappa shape index (κ1) is 25.5. The molecule has 1 aliphatic heterocycles. The van der Waals surface area contributed by atoms with Gasteiger partial charge < -0.3 is 19.7 Å². The molecule has 10 heteroatoms. The van der Waals surface area contributed by atoms with Crippen LogP contribution >= 0.6 is 11.6 Å². The van der Waals surface area contributed by atoms with Gasteiger partial charge in [-0.15, -0.1) is 0 Å². The number of rotatable bonds is 7. The lowest BCUT2D eigenvalue weighted by Crippen LogP contribution is -2.36. The van der Waals surface area contributed by atoms with Crippen molar-refractivity contribution in [2.24, 2.45) is 0 Å². The lowest BCUT2D eigenvalue weighted by Gasteiger charge is -2.29. The molecule has 1 N–H and O–H groups in total. The third kappa shape index (κ3) is 6.16. The second-order valence-corrected chi connectivity index (χ2v) is 8.44. The van der Waals surface area contributed by atoms with E-state index in [1.165, 1.54) is 30.3 Å². The molecule has 188 valence electrons. The number of hydrogen-bond donors (Lipinski definition) is 1. The quantitative estimate of drug-likeness (QED) is 0.422. The first-order valence-electron chi connectivity index (χ1n) is 11.1. The summed E-state index contributed by atoms with van der Waals surface area (Å²) in [4.78, 5) is 27.2. The van der Waals surface area contributed by atoms with Crippen LogP contribution in [0.1, 0.15) is 21.5 Å². The molecule has 0 spiro atoms. The van der Waals surface area contributed by atoms with Crippen molar-refractivity contribution >= 4 is 34.7 Å². The first-order valence-corrected chi connectivity index (χ1v) is 11.5. The Morgan fingerprint density at radius 3 is 2.42 bits per heavy atom. The number of carbonyl (C=O) groups excluding carboxylic acids is 2. The van der Waals surface area contributed by atoms with E-state index in [0.717, 1.165) is 6.07 Å². The van der Waals surface area contributed by atoms with Crippen molar-refractivity contribution in [1.82, 2.24) is 0 Å². The molecule has 3 aromatic carbocycles. The molecule has 0 aliphatic carbocycles. The molecule has 0 aromatic heterocycles. The van der Waals surface area contributed by atoms with Crippen molar-refractivity contribution in [1.29, 1.82) is 0 Å². The molecule has 4 rings (SSSR count). The zero-order valence-corrected chi connectivity index (χ0v) is 19.7. The molecule has 1 fully saturated rings. The molecule has 1 heterocycles. The number of ether oxygens (including phenoxy) is 2. The Labute approximate surface area is 210 Å². The van der Waals surface area contributed by atoms with Gasteiger partial charge in [0.15, 0.2) is 12.4 Å². The van der Waals surface area contributed by atoms with E-state index in [9.17, 15) is 22.8 Å². The van der Waals surface area contributed by atoms with E-state index in [0.29, 0.717) is 42.6 Å². The van der Waals surface area contributed by atoms with Crippen molar-refractivity contribution in [3.05, 3.63) is 88.4 Å². The molecule has 0 atom stereocenters. The van der Waals surface area contributed by atoms with Crippen molar-refractivity contribution in [2.75, 3.05) is 43.1 Å². The molecule has 3 aromatic rings. The molecule has 6 nitrogen and oxygen atoms in total. The van der Waals surface area contributed by atoms with Crippen molar-refractivity contribution in [2.45, 2.75) is 6.18 Å². The summed E-state index contributed by atoms with van der Waals surface area (Å²) in [5.41, 5.74) is -0.433. The summed E-state index contributed by atoms with van der Waals surface area (Å²) in [6.07, 6.45) is -4.68. The molecule has 0 bridgehead atoms. The highest BCUT2D eigenvalue weighted by atomic mass is 35.5. The number of hydrogen-bond acceptors (Lipinski definition) is 5. The van der Waals surface area contributed by atoms with E-state index in [2.05, 4.69) is 5.32 Å². The minimum absolute atomic E-state index is 0.0853. The highest BCUT2D eigenvalue weighted by Gasteiger charge is 2.35. The zero-order valence-electron chi connectivity index (χ0n) is 19.0. The molecule has 1 saturated heterocycles. The van der Waals surface area contributed by atoms with Crippen LogP contribution in [0.25, 0.3) is 0 Å². The normalized spacial score (nSPS) is 13.8. The summed E-state index contributed by atoms with van der Waals surface area (Å²) in [6.45, 7) is 1.19. The molecule has 1 aliphatic rings. The van der Waals surface area contributed by atoms with Crippen molar-refractivity contribution in [3.63, 3.8) is 0 Å². The lowest BCUT2D eigenvalue weighted by molar-refractivity contribution is -0.137. The van der Waals surface area contributed by atoms with Crippen LogP contribution in [0.5, 0.6) is 5.75 Å². The van der Waals surface area contributed by atoms with E-state index in [1.54, 1.807) is 35.2 Å². The van der Waals surface area contributed by atoms with Gasteiger partial charge in [-0.1, -0.05) is 41.9 Å². The molecular formula is C26H22ClF3N2O4. The number of carbonyl (C=O) groups is 2. The third-order valence-corrected chi connectivity index (χ3v) is 5.77. The van der Waals surface area contributed by atoms with Crippen LogP contribution in [0, 0.1) is 0 Å². The fourth-order valence-electron chi connectivity index (χ4n) is 3.77. The van der Waals surface area contributed by atoms with Gasteiger partial charge >= 0.3 is 6.18 Å².